The summed E-state index contributed by atoms with van der Waals surface area (Å²) < 4.78 is 113. The molecule has 4 heteroatoms. The van der Waals surface area contributed by atoms with E-state index in [1.165, 1.54) is 12.3 Å². The van der Waals surface area contributed by atoms with Crippen molar-refractivity contribution in [2.24, 2.45) is 0 Å². The molecule has 0 saturated carbocycles. The summed E-state index contributed by atoms with van der Waals surface area (Å²) in [5.41, 5.74) is 5.65. The van der Waals surface area contributed by atoms with Crippen LogP contribution in [0.4, 0.5) is 0 Å². The molecule has 0 bridgehead atoms. The fraction of sp³-hybridized carbons (Fsp3) is 0.300. The molecule has 0 aliphatic heterocycles. The third-order valence-electron chi connectivity index (χ3n) is 12.0. The molecule has 2 heterocycles. The third-order valence-corrected chi connectivity index (χ3v) is 12.0. The van der Waals surface area contributed by atoms with E-state index in [2.05, 4.69) is 116 Å². The number of aromatic hydroxyl groups is 1. The molecule has 8 aromatic rings. The van der Waals surface area contributed by atoms with Gasteiger partial charge in [0.05, 0.1) is 33.5 Å². The van der Waals surface area contributed by atoms with Crippen LogP contribution in [0.15, 0.2) is 140 Å². The van der Waals surface area contributed by atoms with Crippen molar-refractivity contribution in [1.29, 1.82) is 0 Å². The number of fused-ring (bicyclic) bond motifs is 1. The second-order valence-corrected chi connectivity index (χ2v) is 19.6. The van der Waals surface area contributed by atoms with Crippen molar-refractivity contribution < 1.29 is 22.9 Å². The molecular weight excluding hydrogens is 779 g/mol. The normalized spacial score (nSPS) is 16.0. The molecule has 0 radical (unpaired) electrons. The minimum Gasteiger partial charge on any atom is -0.507 e. The molecule has 0 aliphatic rings. The maximum atomic E-state index is 12.4. The first-order valence-electron chi connectivity index (χ1n) is 28.4. The number of hydrogen-bond donors (Lipinski definition) is 1. The van der Waals surface area contributed by atoms with Gasteiger partial charge in [-0.1, -0.05) is 175 Å². The van der Waals surface area contributed by atoms with Crippen LogP contribution in [0.3, 0.4) is 0 Å². The zero-order valence-corrected chi connectivity index (χ0v) is 38.4. The van der Waals surface area contributed by atoms with Crippen LogP contribution in [0.2, 0.25) is 0 Å². The maximum Gasteiger partial charge on any atom is 0.149 e. The number of phenolic OH excluding ortho intramolecular Hbond substituents is 1. The minimum atomic E-state index is -3.80. The van der Waals surface area contributed by atoms with Crippen LogP contribution in [-0.4, -0.2) is 19.6 Å². The van der Waals surface area contributed by atoms with Crippen molar-refractivity contribution in [3.8, 4) is 67.5 Å². The van der Waals surface area contributed by atoms with Crippen molar-refractivity contribution in [2.45, 2.75) is 118 Å². The van der Waals surface area contributed by atoms with E-state index in [9.17, 15) is 5.11 Å². The highest BCUT2D eigenvalue weighted by atomic mass is 16.3. The van der Waals surface area contributed by atoms with Gasteiger partial charge in [0.25, 0.3) is 0 Å². The van der Waals surface area contributed by atoms with Crippen LogP contribution in [-0.2, 0) is 16.2 Å². The molecule has 0 unspecified atom stereocenters. The summed E-state index contributed by atoms with van der Waals surface area (Å²) in [6, 6.07) is 32.3. The molecule has 6 aromatic carbocycles. The summed E-state index contributed by atoms with van der Waals surface area (Å²) in [4.78, 5) is 10.3. The van der Waals surface area contributed by atoms with E-state index in [1.54, 1.807) is 6.07 Å². The Balaban J connectivity index is 1.40. The van der Waals surface area contributed by atoms with Crippen LogP contribution in [0, 0.1) is 0 Å². The van der Waals surface area contributed by atoms with Crippen LogP contribution in [0.1, 0.15) is 147 Å². The van der Waals surface area contributed by atoms with E-state index in [4.69, 9.17) is 27.8 Å². The third kappa shape index (κ3) is 8.68. The minimum absolute atomic E-state index is 0.00775. The highest BCUT2D eigenvalue weighted by molar-refractivity contribution is 5.97. The van der Waals surface area contributed by atoms with Crippen molar-refractivity contribution in [1.82, 2.24) is 14.5 Å². The summed E-state index contributed by atoms with van der Waals surface area (Å²) in [6.45, 7) is 9.81. The smallest absolute Gasteiger partial charge is 0.149 e. The lowest BCUT2D eigenvalue weighted by Gasteiger charge is -2.26. The van der Waals surface area contributed by atoms with Gasteiger partial charge in [-0.2, -0.15) is 0 Å². The summed E-state index contributed by atoms with van der Waals surface area (Å²) >= 11 is 0. The van der Waals surface area contributed by atoms with Crippen LogP contribution in [0.25, 0.3) is 72.7 Å². The van der Waals surface area contributed by atoms with E-state index >= 15 is 0 Å². The molecule has 1 N–H and O–H groups in total. The molecule has 0 amide bonds. The number of phenols is 1. The molecule has 0 spiro atoms. The van der Waals surface area contributed by atoms with Crippen LogP contribution in [0.5, 0.6) is 5.75 Å². The van der Waals surface area contributed by atoms with E-state index in [0.29, 0.717) is 28.2 Å². The lowest BCUT2D eigenvalue weighted by Crippen LogP contribution is -2.16. The number of hydrogen-bond acceptors (Lipinski definition) is 3. The average molecular weight is 857 g/mol. The zero-order chi connectivity index (χ0) is 56.9. The topological polar surface area (TPSA) is 50.9 Å². The number of benzene rings is 6. The Morgan fingerprint density at radius 1 is 0.578 bits per heavy atom. The molecule has 326 valence electrons. The van der Waals surface area contributed by atoms with Gasteiger partial charge in [0, 0.05) is 29.7 Å². The van der Waals surface area contributed by atoms with Gasteiger partial charge in [-0.25, -0.2) is 4.98 Å². The molecule has 0 fully saturated rings. The SMILES string of the molecule is [2H]c1c([2H])c(C(C([2H])([2H])[2H])(C([2H])([2H])[2H])C([2H])([2H])[2H])c([2H])c([2H])c1-c1ccnc(-c2cc(-c3cccc4c3nc(-c3cc(C(C)C)cc(C(C)C)c3O)n4-c3ccc(-c4ccccc4)cc3C(C)(C)C)cc(C(C)(C)C)c2)c1. The molecule has 0 saturated heterocycles. The lowest BCUT2D eigenvalue weighted by molar-refractivity contribution is 0.466. The van der Waals surface area contributed by atoms with E-state index < -0.39 is 61.1 Å². The fourth-order valence-electron chi connectivity index (χ4n) is 8.27. The first-order valence-corrected chi connectivity index (χ1v) is 21.9. The summed E-state index contributed by atoms with van der Waals surface area (Å²) in [5.74, 6) is 0.876. The lowest BCUT2D eigenvalue weighted by atomic mass is 9.83. The maximum absolute atomic E-state index is 12.4. The predicted molar refractivity (Wildman–Crippen MR) is 272 cm³/mol. The van der Waals surface area contributed by atoms with Crippen LogP contribution < -0.4 is 0 Å². The Morgan fingerprint density at radius 2 is 1.28 bits per heavy atom. The number of pyridine rings is 1. The van der Waals surface area contributed by atoms with E-state index in [-0.39, 0.29) is 34.1 Å². The standard InChI is InChI=1S/C60H65N3O/c1-37(2)43-33-49(38(3)4)56(64)50(34-43)57-62-55-48(20-17-21-54(55)63(57)53-27-24-41(35-51(53)60(11,12)13)39-18-15-14-16-19-39)44-30-45(32-47(31-44)59(8,9)10)52-36-42(28-29-61-52)40-22-25-46(26-23-40)58(5,6)7/h14-38,64H,1-13H3/i5D3,6D3,7D3,22D,23D,25D,26D. The molecule has 0 aliphatic carbocycles. The summed E-state index contributed by atoms with van der Waals surface area (Å²) in [7, 11) is 0. The van der Waals surface area contributed by atoms with Gasteiger partial charge in [-0.3, -0.25) is 9.55 Å². The first-order chi connectivity index (χ1) is 35.6. The molecular formula is C60H65N3O. The largest absolute Gasteiger partial charge is 0.507 e. The monoisotopic (exact) mass is 857 g/mol. The molecule has 0 atom stereocenters. The Labute approximate surface area is 400 Å². The highest BCUT2D eigenvalue weighted by Gasteiger charge is 2.28. The number of imidazole rings is 1. The van der Waals surface area contributed by atoms with E-state index in [1.807, 2.05) is 54.6 Å². The van der Waals surface area contributed by atoms with Crippen molar-refractivity contribution in [3.63, 3.8) is 0 Å². The number of para-hydroxylation sites is 1. The Morgan fingerprint density at radius 3 is 1.94 bits per heavy atom. The average Bonchev–Trinajstić information content (AvgIpc) is 3.72. The van der Waals surface area contributed by atoms with Crippen molar-refractivity contribution in [2.75, 3.05) is 0 Å². The van der Waals surface area contributed by atoms with Crippen LogP contribution >= 0.6 is 0 Å². The van der Waals surface area contributed by atoms with Gasteiger partial charge in [0.2, 0.25) is 0 Å². The zero-order valence-electron chi connectivity index (χ0n) is 51.4. The van der Waals surface area contributed by atoms with E-state index in [0.717, 1.165) is 55.7 Å². The predicted octanol–water partition coefficient (Wildman–Crippen LogP) is 16.6. The van der Waals surface area contributed by atoms with Gasteiger partial charge in [-0.15, -0.1) is 0 Å². The molecule has 4 nitrogen and oxygen atoms in total. The quantitative estimate of drug-likeness (QED) is 0.166. The summed E-state index contributed by atoms with van der Waals surface area (Å²) in [6.07, 6.45) is 1.44. The first kappa shape index (κ1) is 30.8. The molecule has 64 heavy (non-hydrogen) atoms. The highest BCUT2D eigenvalue weighted by Crippen LogP contribution is 2.45. The Bertz CT molecular complexity index is 3510. The number of nitrogens with zero attached hydrogens (tertiary/aromatic N) is 3. The van der Waals surface area contributed by atoms with Gasteiger partial charge in [-0.05, 0) is 132 Å². The fourth-order valence-corrected chi connectivity index (χ4v) is 8.27. The second-order valence-electron chi connectivity index (χ2n) is 19.6. The van der Waals surface area contributed by atoms with Gasteiger partial charge >= 0.3 is 0 Å². The number of aromatic nitrogens is 3. The van der Waals surface area contributed by atoms with Crippen molar-refractivity contribution in [3.05, 3.63) is 167 Å². The Hall–Kier alpha value is -6.26. The Kier molecular flexibility index (Phi) is 8.03. The van der Waals surface area contributed by atoms with Crippen molar-refractivity contribution >= 4 is 11.0 Å². The molecule has 2 aromatic heterocycles. The second kappa shape index (κ2) is 16.7. The van der Waals surface area contributed by atoms with Gasteiger partial charge in [0.15, 0.2) is 0 Å². The number of rotatable bonds is 8. The molecule has 8 rings (SSSR count). The van der Waals surface area contributed by atoms with Gasteiger partial charge < -0.3 is 5.11 Å². The summed E-state index contributed by atoms with van der Waals surface area (Å²) in [5, 5.41) is 12.4. The van der Waals surface area contributed by atoms with Gasteiger partial charge in [0.1, 0.15) is 11.6 Å².